The molecule has 3 rings (SSSR count). The molecule has 0 bridgehead atoms. The van der Waals surface area contributed by atoms with Gasteiger partial charge >= 0.3 is 5.97 Å². The topological polar surface area (TPSA) is 59.1 Å². The lowest BCUT2D eigenvalue weighted by Gasteiger charge is -2.23. The van der Waals surface area contributed by atoms with Crippen molar-refractivity contribution in [2.24, 2.45) is 11.8 Å². The minimum Gasteiger partial charge on any atom is -0.459 e. The molecule has 2 aliphatic heterocycles. The van der Waals surface area contributed by atoms with Gasteiger partial charge in [0, 0.05) is 5.92 Å². The fourth-order valence-corrected chi connectivity index (χ4v) is 3.45. The summed E-state index contributed by atoms with van der Waals surface area (Å²) < 4.78 is 11.3. The van der Waals surface area contributed by atoms with Crippen LogP contribution in [0.3, 0.4) is 0 Å². The molecule has 1 N–H and O–H groups in total. The Bertz CT molecular complexity index is 430. The summed E-state index contributed by atoms with van der Waals surface area (Å²) in [4.78, 5) is 11.8. The normalized spacial score (nSPS) is 52.5. The highest BCUT2D eigenvalue weighted by molar-refractivity contribution is 5.75. The fraction of sp³-hybridized carbons (Fsp3) is 0.800. The van der Waals surface area contributed by atoms with E-state index in [0.29, 0.717) is 6.42 Å². The van der Waals surface area contributed by atoms with E-state index >= 15 is 0 Å². The standard InChI is InChI=1S/C15H22O4/c1-8-5-4-6-15(3)13(19-15)12-10(7-11(8)16)9(2)14(17)18-12/h5,9-13,16H,4,6-7H2,1-3H3/b8-5-/t9?,10?,11-,12+,13+,15-/m1/s1. The third-order valence-electron chi connectivity index (χ3n) is 5.06. The van der Waals surface area contributed by atoms with Gasteiger partial charge in [0.1, 0.15) is 12.2 Å². The molecule has 6 atom stereocenters. The van der Waals surface area contributed by atoms with Crippen LogP contribution < -0.4 is 0 Å². The van der Waals surface area contributed by atoms with Crippen molar-refractivity contribution in [1.82, 2.24) is 0 Å². The average Bonchev–Trinajstić information content (AvgIpc) is 2.95. The summed E-state index contributed by atoms with van der Waals surface area (Å²) in [6.45, 7) is 5.94. The first-order chi connectivity index (χ1) is 8.92. The van der Waals surface area contributed by atoms with E-state index in [-0.39, 0.29) is 35.6 Å². The molecule has 0 aromatic heterocycles. The maximum absolute atomic E-state index is 11.8. The van der Waals surface area contributed by atoms with Crippen LogP contribution in [-0.2, 0) is 14.3 Å². The minimum atomic E-state index is -0.479. The van der Waals surface area contributed by atoms with Crippen molar-refractivity contribution in [3.05, 3.63) is 11.6 Å². The Kier molecular flexibility index (Phi) is 2.98. The average molecular weight is 266 g/mol. The first-order valence-electron chi connectivity index (χ1n) is 7.15. The number of carbonyl (C=O) groups is 1. The van der Waals surface area contributed by atoms with Gasteiger partial charge in [0.2, 0.25) is 0 Å². The molecule has 0 aromatic carbocycles. The van der Waals surface area contributed by atoms with E-state index in [0.717, 1.165) is 18.4 Å². The molecule has 0 saturated carbocycles. The van der Waals surface area contributed by atoms with Gasteiger partial charge in [0.25, 0.3) is 0 Å². The van der Waals surface area contributed by atoms with E-state index in [9.17, 15) is 9.90 Å². The second-order valence-electron chi connectivity index (χ2n) is 6.44. The number of ether oxygens (including phenoxy) is 2. The molecular formula is C15H22O4. The van der Waals surface area contributed by atoms with Crippen LogP contribution in [-0.4, -0.2) is 35.0 Å². The summed E-state index contributed by atoms with van der Waals surface area (Å²) in [5.41, 5.74) is 0.833. The van der Waals surface area contributed by atoms with Gasteiger partial charge in [-0.15, -0.1) is 0 Å². The van der Waals surface area contributed by atoms with E-state index in [2.05, 4.69) is 13.0 Å². The zero-order chi connectivity index (χ0) is 13.8. The van der Waals surface area contributed by atoms with Crippen LogP contribution in [0.1, 0.15) is 40.0 Å². The molecule has 19 heavy (non-hydrogen) atoms. The minimum absolute atomic E-state index is 0.00501. The predicted molar refractivity (Wildman–Crippen MR) is 69.4 cm³/mol. The van der Waals surface area contributed by atoms with Gasteiger partial charge in [-0.2, -0.15) is 0 Å². The Balaban J connectivity index is 1.89. The third-order valence-corrected chi connectivity index (χ3v) is 5.06. The molecule has 2 saturated heterocycles. The number of aliphatic hydroxyl groups excluding tert-OH is 1. The Morgan fingerprint density at radius 2 is 2.21 bits per heavy atom. The molecular weight excluding hydrogens is 244 g/mol. The molecule has 1 aliphatic carbocycles. The van der Waals surface area contributed by atoms with Gasteiger partial charge in [-0.25, -0.2) is 0 Å². The van der Waals surface area contributed by atoms with Crippen molar-refractivity contribution in [3.8, 4) is 0 Å². The molecule has 3 aliphatic rings. The summed E-state index contributed by atoms with van der Waals surface area (Å²) in [6, 6.07) is 0. The number of rotatable bonds is 0. The van der Waals surface area contributed by atoms with Crippen LogP contribution >= 0.6 is 0 Å². The maximum Gasteiger partial charge on any atom is 0.309 e. The lowest BCUT2D eigenvalue weighted by molar-refractivity contribution is -0.144. The third kappa shape index (κ3) is 2.11. The summed E-state index contributed by atoms with van der Waals surface area (Å²) in [6.07, 6.45) is 3.83. The van der Waals surface area contributed by atoms with Crippen LogP contribution in [0.2, 0.25) is 0 Å². The van der Waals surface area contributed by atoms with E-state index in [1.165, 1.54) is 0 Å². The van der Waals surface area contributed by atoms with E-state index in [4.69, 9.17) is 9.47 Å². The molecule has 106 valence electrons. The Hall–Kier alpha value is -0.870. The summed E-state index contributed by atoms with van der Waals surface area (Å²) in [5, 5.41) is 10.2. The van der Waals surface area contributed by atoms with Gasteiger partial charge < -0.3 is 14.6 Å². The van der Waals surface area contributed by atoms with Crippen LogP contribution in [0.5, 0.6) is 0 Å². The summed E-state index contributed by atoms with van der Waals surface area (Å²) in [7, 11) is 0. The second kappa shape index (κ2) is 4.32. The quantitative estimate of drug-likeness (QED) is 0.413. The van der Waals surface area contributed by atoms with Crippen molar-refractivity contribution in [2.75, 3.05) is 0 Å². The summed E-state index contributed by atoms with van der Waals surface area (Å²) in [5.74, 6) is -0.253. The second-order valence-corrected chi connectivity index (χ2v) is 6.44. The zero-order valence-corrected chi connectivity index (χ0v) is 11.8. The lowest BCUT2D eigenvalue weighted by Crippen LogP contribution is -2.32. The van der Waals surface area contributed by atoms with Crippen LogP contribution in [0.25, 0.3) is 0 Å². The SMILES string of the molecule is C/C1=C/CC[C@@]2(C)O[C@H]2[C@H]2OC(=O)C(C)C2C[C@H]1O. The molecule has 4 nitrogen and oxygen atoms in total. The summed E-state index contributed by atoms with van der Waals surface area (Å²) >= 11 is 0. The van der Waals surface area contributed by atoms with Crippen LogP contribution in [0, 0.1) is 11.8 Å². The molecule has 0 amide bonds. The van der Waals surface area contributed by atoms with E-state index in [1.807, 2.05) is 13.8 Å². The van der Waals surface area contributed by atoms with Gasteiger partial charge in [0.15, 0.2) is 0 Å². The number of hydrogen-bond acceptors (Lipinski definition) is 4. The lowest BCUT2D eigenvalue weighted by atomic mass is 9.80. The van der Waals surface area contributed by atoms with E-state index < -0.39 is 6.10 Å². The number of hydrogen-bond donors (Lipinski definition) is 1. The first-order valence-corrected chi connectivity index (χ1v) is 7.15. The maximum atomic E-state index is 11.8. The van der Waals surface area contributed by atoms with E-state index in [1.54, 1.807) is 0 Å². The Labute approximate surface area is 113 Å². The molecule has 4 heteroatoms. The van der Waals surface area contributed by atoms with Gasteiger partial charge in [-0.3, -0.25) is 4.79 Å². The highest BCUT2D eigenvalue weighted by Crippen LogP contribution is 2.50. The van der Waals surface area contributed by atoms with Crippen molar-refractivity contribution < 1.29 is 19.4 Å². The molecule has 2 fully saturated rings. The van der Waals surface area contributed by atoms with Gasteiger partial charge in [0.05, 0.1) is 17.6 Å². The number of fused-ring (bicyclic) bond motifs is 3. The zero-order valence-electron chi connectivity index (χ0n) is 11.8. The molecule has 2 unspecified atom stereocenters. The Morgan fingerprint density at radius 3 is 2.95 bits per heavy atom. The fourth-order valence-electron chi connectivity index (χ4n) is 3.45. The molecule has 0 radical (unpaired) electrons. The van der Waals surface area contributed by atoms with Crippen LogP contribution in [0.15, 0.2) is 11.6 Å². The number of allylic oxidation sites excluding steroid dienone is 1. The highest BCUT2D eigenvalue weighted by atomic mass is 16.6. The van der Waals surface area contributed by atoms with Crippen molar-refractivity contribution in [1.29, 1.82) is 0 Å². The molecule has 0 spiro atoms. The largest absolute Gasteiger partial charge is 0.459 e. The van der Waals surface area contributed by atoms with Crippen molar-refractivity contribution >= 4 is 5.97 Å². The predicted octanol–water partition coefficient (Wildman–Crippen LogP) is 1.81. The number of epoxide rings is 1. The molecule has 2 heterocycles. The number of aliphatic hydroxyl groups is 1. The number of carbonyl (C=O) groups excluding carboxylic acids is 1. The smallest absolute Gasteiger partial charge is 0.309 e. The highest BCUT2D eigenvalue weighted by Gasteiger charge is 2.62. The Morgan fingerprint density at radius 1 is 1.47 bits per heavy atom. The number of esters is 1. The first kappa shape index (κ1) is 13.1. The van der Waals surface area contributed by atoms with Gasteiger partial charge in [-0.1, -0.05) is 13.0 Å². The van der Waals surface area contributed by atoms with Crippen molar-refractivity contribution in [2.45, 2.75) is 63.9 Å². The van der Waals surface area contributed by atoms with Crippen LogP contribution in [0.4, 0.5) is 0 Å². The monoisotopic (exact) mass is 266 g/mol. The van der Waals surface area contributed by atoms with Crippen molar-refractivity contribution in [3.63, 3.8) is 0 Å². The molecule has 0 aromatic rings. The van der Waals surface area contributed by atoms with Gasteiger partial charge in [-0.05, 0) is 38.7 Å².